The molecule has 1 fully saturated rings. The van der Waals surface area contributed by atoms with Gasteiger partial charge in [-0.2, -0.15) is 13.2 Å². The highest BCUT2D eigenvalue weighted by atomic mass is 19.4. The van der Waals surface area contributed by atoms with E-state index in [0.29, 0.717) is 5.75 Å². The largest absolute Gasteiger partial charge is 0.481 e. The lowest BCUT2D eigenvalue weighted by atomic mass is 10.1. The van der Waals surface area contributed by atoms with Crippen molar-refractivity contribution in [3.05, 3.63) is 65.5 Å². The average Bonchev–Trinajstić information content (AvgIpc) is 2.74. The number of hydrogen-bond acceptors (Lipinski definition) is 3. The summed E-state index contributed by atoms with van der Waals surface area (Å²) in [5.41, 5.74) is -1.38. The minimum absolute atomic E-state index is 0.111. The third-order valence-corrected chi connectivity index (χ3v) is 4.82. The van der Waals surface area contributed by atoms with E-state index in [1.165, 1.54) is 46.2 Å². The van der Waals surface area contributed by atoms with Gasteiger partial charge in [-0.25, -0.2) is 4.39 Å². The summed E-state index contributed by atoms with van der Waals surface area (Å²) in [6, 6.07) is 9.91. The van der Waals surface area contributed by atoms with Gasteiger partial charge >= 0.3 is 6.18 Å². The Morgan fingerprint density at radius 1 is 0.933 bits per heavy atom. The quantitative estimate of drug-likeness (QED) is 0.705. The molecule has 1 aliphatic rings. The van der Waals surface area contributed by atoms with Crippen LogP contribution in [0.15, 0.2) is 48.5 Å². The van der Waals surface area contributed by atoms with Crippen LogP contribution in [0.25, 0.3) is 0 Å². The topological polar surface area (TPSA) is 49.9 Å². The molecule has 0 N–H and O–H groups in total. The molecule has 2 aromatic carbocycles. The average molecular weight is 424 g/mol. The van der Waals surface area contributed by atoms with E-state index in [-0.39, 0.29) is 32.1 Å². The second-order valence-corrected chi connectivity index (χ2v) is 6.87. The monoisotopic (exact) mass is 424 g/mol. The summed E-state index contributed by atoms with van der Waals surface area (Å²) in [4.78, 5) is 28.0. The maximum Gasteiger partial charge on any atom is 0.417 e. The minimum Gasteiger partial charge on any atom is -0.481 e. The number of hydrogen-bond donors (Lipinski definition) is 0. The molecule has 0 bridgehead atoms. The zero-order chi connectivity index (χ0) is 21.9. The van der Waals surface area contributed by atoms with Crippen LogP contribution in [0.5, 0.6) is 5.75 Å². The number of nitrogens with zero attached hydrogens (tertiary/aromatic N) is 2. The van der Waals surface area contributed by atoms with Crippen molar-refractivity contribution in [2.24, 2.45) is 0 Å². The van der Waals surface area contributed by atoms with Gasteiger partial charge in [-0.15, -0.1) is 0 Å². The highest BCUT2D eigenvalue weighted by Crippen LogP contribution is 2.32. The normalized spacial score (nSPS) is 15.6. The van der Waals surface area contributed by atoms with Crippen molar-refractivity contribution < 1.29 is 31.9 Å². The number of amides is 2. The molecule has 2 aromatic rings. The molecule has 3 rings (SSSR count). The van der Waals surface area contributed by atoms with Gasteiger partial charge in [-0.1, -0.05) is 12.1 Å². The molecule has 30 heavy (non-hydrogen) atoms. The molecule has 0 aliphatic carbocycles. The van der Waals surface area contributed by atoms with Crippen LogP contribution in [0, 0.1) is 5.82 Å². The van der Waals surface area contributed by atoms with Crippen molar-refractivity contribution in [2.75, 3.05) is 26.2 Å². The highest BCUT2D eigenvalue weighted by Gasteiger charge is 2.36. The third kappa shape index (κ3) is 4.90. The fraction of sp³-hybridized carbons (Fsp3) is 0.333. The Morgan fingerprint density at radius 2 is 1.50 bits per heavy atom. The maximum atomic E-state index is 13.2. The Bertz CT molecular complexity index is 907. The fourth-order valence-electron chi connectivity index (χ4n) is 3.24. The molecule has 1 heterocycles. The third-order valence-electron chi connectivity index (χ3n) is 4.82. The molecule has 0 radical (unpaired) electrons. The summed E-state index contributed by atoms with van der Waals surface area (Å²) in [7, 11) is 0. The van der Waals surface area contributed by atoms with Crippen LogP contribution in [0.2, 0.25) is 0 Å². The smallest absolute Gasteiger partial charge is 0.417 e. The van der Waals surface area contributed by atoms with Gasteiger partial charge in [0.25, 0.3) is 11.8 Å². The standard InChI is InChI=1S/C21H20F4N2O3/c1-14(30-16-8-6-15(22)7-9-16)19(28)26-10-12-27(13-11-26)20(29)17-4-2-3-5-18(17)21(23,24)25/h2-9,14H,10-13H2,1H3. The van der Waals surface area contributed by atoms with Gasteiger partial charge in [0.05, 0.1) is 11.1 Å². The molecule has 0 aromatic heterocycles. The Balaban J connectivity index is 1.60. The Hall–Kier alpha value is -3.10. The SMILES string of the molecule is CC(Oc1ccc(F)cc1)C(=O)N1CCN(C(=O)c2ccccc2C(F)(F)F)CC1. The number of rotatable bonds is 4. The van der Waals surface area contributed by atoms with Gasteiger partial charge in [0, 0.05) is 26.2 Å². The van der Waals surface area contributed by atoms with E-state index in [9.17, 15) is 27.2 Å². The molecule has 160 valence electrons. The lowest BCUT2D eigenvalue weighted by molar-refractivity contribution is -0.139. The second kappa shape index (κ2) is 8.73. The molecule has 2 amide bonds. The molecule has 1 unspecified atom stereocenters. The summed E-state index contributed by atoms with van der Waals surface area (Å²) in [5, 5.41) is 0. The molecule has 1 saturated heterocycles. The molecule has 5 nitrogen and oxygen atoms in total. The van der Waals surface area contributed by atoms with E-state index >= 15 is 0 Å². The first-order valence-corrected chi connectivity index (χ1v) is 9.33. The second-order valence-electron chi connectivity index (χ2n) is 6.87. The van der Waals surface area contributed by atoms with E-state index in [1.807, 2.05) is 0 Å². The van der Waals surface area contributed by atoms with Crippen molar-refractivity contribution >= 4 is 11.8 Å². The summed E-state index contributed by atoms with van der Waals surface area (Å²) >= 11 is 0. The first-order valence-electron chi connectivity index (χ1n) is 9.33. The van der Waals surface area contributed by atoms with Crippen molar-refractivity contribution in [3.63, 3.8) is 0 Å². The zero-order valence-corrected chi connectivity index (χ0v) is 16.2. The van der Waals surface area contributed by atoms with E-state index in [2.05, 4.69) is 0 Å². The van der Waals surface area contributed by atoms with Crippen molar-refractivity contribution in [3.8, 4) is 5.75 Å². The number of halogens is 4. The fourth-order valence-corrected chi connectivity index (χ4v) is 3.24. The van der Waals surface area contributed by atoms with Crippen molar-refractivity contribution in [1.82, 2.24) is 9.80 Å². The van der Waals surface area contributed by atoms with Crippen LogP contribution >= 0.6 is 0 Å². The number of carbonyl (C=O) groups excluding carboxylic acids is 2. The van der Waals surface area contributed by atoms with E-state index in [0.717, 1.165) is 12.1 Å². The van der Waals surface area contributed by atoms with E-state index in [4.69, 9.17) is 4.74 Å². The number of benzene rings is 2. The number of piperazine rings is 1. The first-order chi connectivity index (χ1) is 14.2. The molecule has 1 atom stereocenters. The molecule has 9 heteroatoms. The Labute approximate surface area is 170 Å². The van der Waals surface area contributed by atoms with Crippen LogP contribution < -0.4 is 4.74 Å². The van der Waals surface area contributed by atoms with E-state index < -0.39 is 35.1 Å². The minimum atomic E-state index is -4.63. The van der Waals surface area contributed by atoms with Gasteiger partial charge in [0.1, 0.15) is 11.6 Å². The molecular weight excluding hydrogens is 404 g/mol. The van der Waals surface area contributed by atoms with Gasteiger partial charge < -0.3 is 14.5 Å². The number of ether oxygens (including phenoxy) is 1. The van der Waals surface area contributed by atoms with Crippen LogP contribution in [0.4, 0.5) is 17.6 Å². The van der Waals surface area contributed by atoms with E-state index in [1.54, 1.807) is 6.92 Å². The highest BCUT2D eigenvalue weighted by molar-refractivity contribution is 5.96. The molecule has 1 aliphatic heterocycles. The predicted molar refractivity (Wildman–Crippen MR) is 100 cm³/mol. The van der Waals surface area contributed by atoms with Gasteiger partial charge in [0.15, 0.2) is 6.10 Å². The van der Waals surface area contributed by atoms with Crippen LogP contribution in [-0.2, 0) is 11.0 Å². The zero-order valence-electron chi connectivity index (χ0n) is 16.2. The summed E-state index contributed by atoms with van der Waals surface area (Å²) in [6.07, 6.45) is -5.46. The summed E-state index contributed by atoms with van der Waals surface area (Å²) in [6.45, 7) is 2.13. The number of alkyl halides is 3. The van der Waals surface area contributed by atoms with Gasteiger partial charge in [-0.05, 0) is 43.3 Å². The van der Waals surface area contributed by atoms with Crippen LogP contribution in [-0.4, -0.2) is 53.9 Å². The lowest BCUT2D eigenvalue weighted by Crippen LogP contribution is -2.53. The van der Waals surface area contributed by atoms with Gasteiger partial charge in [0.2, 0.25) is 0 Å². The van der Waals surface area contributed by atoms with Gasteiger partial charge in [-0.3, -0.25) is 9.59 Å². The van der Waals surface area contributed by atoms with Crippen LogP contribution in [0.3, 0.4) is 0 Å². The molecular formula is C21H20F4N2O3. The molecule has 0 spiro atoms. The Morgan fingerprint density at radius 3 is 2.10 bits per heavy atom. The van der Waals surface area contributed by atoms with Crippen molar-refractivity contribution in [2.45, 2.75) is 19.2 Å². The molecule has 0 saturated carbocycles. The van der Waals surface area contributed by atoms with Crippen molar-refractivity contribution in [1.29, 1.82) is 0 Å². The Kier molecular flexibility index (Phi) is 6.28. The lowest BCUT2D eigenvalue weighted by Gasteiger charge is -2.36. The summed E-state index contributed by atoms with van der Waals surface area (Å²) < 4.78 is 58.0. The maximum absolute atomic E-state index is 13.2. The predicted octanol–water partition coefficient (Wildman–Crippen LogP) is 3.60. The first kappa shape index (κ1) is 21.6. The van der Waals surface area contributed by atoms with Crippen LogP contribution in [0.1, 0.15) is 22.8 Å². The summed E-state index contributed by atoms with van der Waals surface area (Å²) in [5.74, 6) is -1.11. The number of carbonyl (C=O) groups is 2.